The Morgan fingerprint density at radius 1 is 1.41 bits per heavy atom. The van der Waals surface area contributed by atoms with Crippen molar-refractivity contribution in [2.75, 3.05) is 38.8 Å². The van der Waals surface area contributed by atoms with Gasteiger partial charge in [-0.25, -0.2) is 8.42 Å². The third-order valence-corrected chi connectivity index (χ3v) is 3.90. The van der Waals surface area contributed by atoms with Gasteiger partial charge in [0.1, 0.15) is 9.84 Å². The molecule has 102 valence electrons. The van der Waals surface area contributed by atoms with Gasteiger partial charge in [0.2, 0.25) is 0 Å². The second-order valence-corrected chi connectivity index (χ2v) is 7.30. The predicted molar refractivity (Wildman–Crippen MR) is 68.9 cm³/mol. The molecule has 1 aliphatic carbocycles. The van der Waals surface area contributed by atoms with E-state index in [1.807, 2.05) is 11.9 Å². The number of hydrogen-bond acceptors (Lipinski definition) is 5. The van der Waals surface area contributed by atoms with Gasteiger partial charge in [0.25, 0.3) is 0 Å². The van der Waals surface area contributed by atoms with Crippen LogP contribution in [0.1, 0.15) is 19.3 Å². The summed E-state index contributed by atoms with van der Waals surface area (Å²) < 4.78 is 22.0. The van der Waals surface area contributed by atoms with E-state index in [-0.39, 0.29) is 18.4 Å². The third-order valence-electron chi connectivity index (χ3n) is 2.97. The fourth-order valence-electron chi connectivity index (χ4n) is 1.62. The smallest absolute Gasteiger partial charge is 0.148 e. The Morgan fingerprint density at radius 2 is 2.06 bits per heavy atom. The van der Waals surface area contributed by atoms with Crippen molar-refractivity contribution in [2.45, 2.75) is 31.3 Å². The van der Waals surface area contributed by atoms with E-state index < -0.39 is 9.84 Å². The summed E-state index contributed by atoms with van der Waals surface area (Å²) >= 11 is 0. The number of nitrogens with zero attached hydrogens (tertiary/aromatic N) is 1. The summed E-state index contributed by atoms with van der Waals surface area (Å²) in [5.41, 5.74) is 0. The van der Waals surface area contributed by atoms with E-state index in [4.69, 9.17) is 0 Å². The van der Waals surface area contributed by atoms with Crippen LogP contribution in [0.25, 0.3) is 0 Å². The molecule has 0 aromatic carbocycles. The van der Waals surface area contributed by atoms with Gasteiger partial charge in [0.05, 0.1) is 12.4 Å². The molecule has 0 aliphatic heterocycles. The highest BCUT2D eigenvalue weighted by molar-refractivity contribution is 7.90. The van der Waals surface area contributed by atoms with Crippen LogP contribution in [0, 0.1) is 0 Å². The van der Waals surface area contributed by atoms with Crippen molar-refractivity contribution in [3.05, 3.63) is 0 Å². The van der Waals surface area contributed by atoms with Gasteiger partial charge in [-0.3, -0.25) is 0 Å². The van der Waals surface area contributed by atoms with E-state index in [2.05, 4.69) is 5.32 Å². The van der Waals surface area contributed by atoms with Crippen LogP contribution >= 0.6 is 0 Å². The Hall–Kier alpha value is -0.170. The molecule has 1 aliphatic rings. The molecule has 1 saturated carbocycles. The van der Waals surface area contributed by atoms with Gasteiger partial charge >= 0.3 is 0 Å². The highest BCUT2D eigenvalue weighted by Gasteiger charge is 2.24. The molecule has 1 rings (SSSR count). The largest absolute Gasteiger partial charge is 0.395 e. The van der Waals surface area contributed by atoms with Crippen LogP contribution in [-0.2, 0) is 9.84 Å². The maximum absolute atomic E-state index is 11.0. The Morgan fingerprint density at radius 3 is 2.53 bits per heavy atom. The molecule has 1 unspecified atom stereocenters. The molecule has 0 spiro atoms. The highest BCUT2D eigenvalue weighted by Crippen LogP contribution is 2.19. The third kappa shape index (κ3) is 7.70. The molecule has 2 N–H and O–H groups in total. The molecule has 0 aromatic rings. The molecule has 1 atom stereocenters. The van der Waals surface area contributed by atoms with E-state index in [0.29, 0.717) is 12.6 Å². The zero-order valence-corrected chi connectivity index (χ0v) is 11.5. The fraction of sp³-hybridized carbons (Fsp3) is 1.00. The molecule has 0 heterocycles. The first-order valence-electron chi connectivity index (χ1n) is 6.14. The number of nitrogens with one attached hydrogen (secondary N) is 1. The molecule has 0 amide bonds. The van der Waals surface area contributed by atoms with Gasteiger partial charge in [0, 0.05) is 24.9 Å². The first kappa shape index (κ1) is 14.9. The number of rotatable bonds is 9. The van der Waals surface area contributed by atoms with Gasteiger partial charge < -0.3 is 15.3 Å². The maximum atomic E-state index is 11.0. The summed E-state index contributed by atoms with van der Waals surface area (Å²) in [4.78, 5) is 2.00. The van der Waals surface area contributed by atoms with Gasteiger partial charge in [0.15, 0.2) is 0 Å². The summed E-state index contributed by atoms with van der Waals surface area (Å²) in [7, 11) is -0.966. The summed E-state index contributed by atoms with van der Waals surface area (Å²) in [6, 6.07) is 0.733. The van der Waals surface area contributed by atoms with E-state index in [1.54, 1.807) is 0 Å². The van der Waals surface area contributed by atoms with Crippen LogP contribution in [0.3, 0.4) is 0 Å². The van der Waals surface area contributed by atoms with E-state index in [1.165, 1.54) is 19.1 Å². The van der Waals surface area contributed by atoms with Crippen LogP contribution < -0.4 is 5.32 Å². The zero-order valence-electron chi connectivity index (χ0n) is 10.7. The van der Waals surface area contributed by atoms with Crippen molar-refractivity contribution in [1.29, 1.82) is 0 Å². The van der Waals surface area contributed by atoms with Crippen molar-refractivity contribution in [3.63, 3.8) is 0 Å². The minimum atomic E-state index is -2.88. The second kappa shape index (κ2) is 6.68. The fourth-order valence-corrected chi connectivity index (χ4v) is 2.26. The molecule has 1 fully saturated rings. The van der Waals surface area contributed by atoms with Gasteiger partial charge in [-0.1, -0.05) is 0 Å². The quantitative estimate of drug-likeness (QED) is 0.586. The SMILES string of the molecule is CN(CCC(CO)NC1CC1)CCS(C)(=O)=O. The molecule has 0 aromatic heterocycles. The number of aliphatic hydroxyl groups is 1. The lowest BCUT2D eigenvalue weighted by Crippen LogP contribution is -2.38. The Bertz CT molecular complexity index is 315. The lowest BCUT2D eigenvalue weighted by Gasteiger charge is -2.21. The lowest BCUT2D eigenvalue weighted by atomic mass is 10.2. The highest BCUT2D eigenvalue weighted by atomic mass is 32.2. The summed E-state index contributed by atoms with van der Waals surface area (Å²) in [6.45, 7) is 1.51. The lowest BCUT2D eigenvalue weighted by molar-refractivity contribution is 0.218. The normalized spacial score (nSPS) is 18.6. The zero-order chi connectivity index (χ0) is 12.9. The minimum Gasteiger partial charge on any atom is -0.395 e. The topological polar surface area (TPSA) is 69.6 Å². The van der Waals surface area contributed by atoms with Crippen LogP contribution in [0.4, 0.5) is 0 Å². The van der Waals surface area contributed by atoms with Crippen LogP contribution in [0.5, 0.6) is 0 Å². The molecular weight excluding hydrogens is 240 g/mol. The molecule has 5 nitrogen and oxygen atoms in total. The maximum Gasteiger partial charge on any atom is 0.148 e. The first-order chi connectivity index (χ1) is 7.90. The molecule has 0 saturated heterocycles. The van der Waals surface area contributed by atoms with Crippen LogP contribution in [0.2, 0.25) is 0 Å². The van der Waals surface area contributed by atoms with Gasteiger partial charge in [-0.2, -0.15) is 0 Å². The monoisotopic (exact) mass is 264 g/mol. The molecule has 6 heteroatoms. The second-order valence-electron chi connectivity index (χ2n) is 5.04. The van der Waals surface area contributed by atoms with Crippen molar-refractivity contribution in [2.24, 2.45) is 0 Å². The van der Waals surface area contributed by atoms with Crippen molar-refractivity contribution >= 4 is 9.84 Å². The van der Waals surface area contributed by atoms with Crippen molar-refractivity contribution in [1.82, 2.24) is 10.2 Å². The van der Waals surface area contributed by atoms with E-state index in [9.17, 15) is 13.5 Å². The Labute approximate surface area is 104 Å². The minimum absolute atomic E-state index is 0.142. The number of aliphatic hydroxyl groups excluding tert-OH is 1. The van der Waals surface area contributed by atoms with Crippen molar-refractivity contribution in [3.8, 4) is 0 Å². The van der Waals surface area contributed by atoms with E-state index >= 15 is 0 Å². The molecular formula is C11H24N2O3S. The van der Waals surface area contributed by atoms with Crippen LogP contribution in [-0.4, -0.2) is 69.3 Å². The standard InChI is InChI=1S/C11H24N2O3S/c1-13(7-8-17(2,15)16)6-5-11(9-14)12-10-3-4-10/h10-12,14H,3-9H2,1-2H3. The van der Waals surface area contributed by atoms with Crippen molar-refractivity contribution < 1.29 is 13.5 Å². The summed E-state index contributed by atoms with van der Waals surface area (Å²) in [6.07, 6.45) is 4.53. The average Bonchev–Trinajstić information content (AvgIpc) is 3.04. The van der Waals surface area contributed by atoms with Gasteiger partial charge in [-0.05, 0) is 32.9 Å². The summed E-state index contributed by atoms with van der Waals surface area (Å²) in [5, 5.41) is 12.6. The van der Waals surface area contributed by atoms with E-state index in [0.717, 1.165) is 13.0 Å². The first-order valence-corrected chi connectivity index (χ1v) is 8.20. The number of sulfone groups is 1. The predicted octanol–water partition coefficient (Wildman–Crippen LogP) is -0.534. The summed E-state index contributed by atoms with van der Waals surface area (Å²) in [5.74, 6) is 0.198. The molecule has 0 radical (unpaired) electrons. The molecule has 17 heavy (non-hydrogen) atoms. The molecule has 0 bridgehead atoms. The van der Waals surface area contributed by atoms with Gasteiger partial charge in [-0.15, -0.1) is 0 Å². The average molecular weight is 264 g/mol. The Balaban J connectivity index is 2.14. The van der Waals surface area contributed by atoms with Crippen LogP contribution in [0.15, 0.2) is 0 Å². The Kier molecular flexibility index (Phi) is 5.85. The number of hydrogen-bond donors (Lipinski definition) is 2.